The Balaban J connectivity index is 2.13. The van der Waals surface area contributed by atoms with Crippen molar-refractivity contribution >= 4 is 6.09 Å². The van der Waals surface area contributed by atoms with E-state index in [0.29, 0.717) is 12.5 Å². The molecule has 0 unspecified atom stereocenters. The van der Waals surface area contributed by atoms with Gasteiger partial charge in [0.1, 0.15) is 0 Å². The molecule has 1 aliphatic rings. The van der Waals surface area contributed by atoms with E-state index < -0.39 is 6.09 Å². The van der Waals surface area contributed by atoms with Crippen molar-refractivity contribution in [2.75, 3.05) is 26.7 Å². The fourth-order valence-corrected chi connectivity index (χ4v) is 1.42. The third kappa shape index (κ3) is 2.76. The monoisotopic (exact) mass is 158 g/mol. The summed E-state index contributed by atoms with van der Waals surface area (Å²) in [4.78, 5) is 12.3. The van der Waals surface area contributed by atoms with Crippen molar-refractivity contribution in [1.29, 1.82) is 0 Å². The molecule has 4 heteroatoms. The molecule has 0 aromatic rings. The molecule has 1 saturated heterocycles. The minimum absolute atomic E-state index is 0.510. The van der Waals surface area contributed by atoms with E-state index in [1.165, 1.54) is 0 Å². The van der Waals surface area contributed by atoms with Gasteiger partial charge in [-0.2, -0.15) is 0 Å². The predicted octanol–water partition coefficient (Wildman–Crippen LogP) is 0.206. The van der Waals surface area contributed by atoms with Gasteiger partial charge in [-0.25, -0.2) is 4.79 Å². The molecule has 0 saturated carbocycles. The molecule has 0 aromatic heterocycles. The van der Waals surface area contributed by atoms with Crippen molar-refractivity contribution in [3.8, 4) is 0 Å². The Morgan fingerprint density at radius 1 is 1.82 bits per heavy atom. The highest BCUT2D eigenvalue weighted by molar-refractivity contribution is 5.64. The van der Waals surface area contributed by atoms with Gasteiger partial charge >= 0.3 is 6.09 Å². The molecule has 1 atom stereocenters. The molecule has 1 aliphatic heterocycles. The van der Waals surface area contributed by atoms with Crippen LogP contribution in [-0.2, 0) is 0 Å². The lowest BCUT2D eigenvalue weighted by Crippen LogP contribution is -2.28. The first-order chi connectivity index (χ1) is 5.18. The maximum atomic E-state index is 10.1. The lowest BCUT2D eigenvalue weighted by molar-refractivity contribution is 0.192. The highest BCUT2D eigenvalue weighted by Gasteiger charge is 2.19. The molecular formula is C7H14N2O2. The van der Waals surface area contributed by atoms with Crippen LogP contribution in [0.1, 0.15) is 6.42 Å². The Morgan fingerprint density at radius 2 is 2.55 bits per heavy atom. The van der Waals surface area contributed by atoms with Crippen LogP contribution in [0.2, 0.25) is 0 Å². The maximum absolute atomic E-state index is 10.1. The van der Waals surface area contributed by atoms with Crippen LogP contribution in [0.25, 0.3) is 0 Å². The number of likely N-dealkylation sites (tertiary alicyclic amines) is 1. The van der Waals surface area contributed by atoms with E-state index in [1.54, 1.807) is 0 Å². The van der Waals surface area contributed by atoms with E-state index >= 15 is 0 Å². The summed E-state index contributed by atoms with van der Waals surface area (Å²) in [6.07, 6.45) is 0.191. The summed E-state index contributed by atoms with van der Waals surface area (Å²) in [6.45, 7) is 2.70. The number of nitrogens with zero attached hydrogens (tertiary/aromatic N) is 1. The molecule has 4 nitrogen and oxygen atoms in total. The van der Waals surface area contributed by atoms with Crippen molar-refractivity contribution in [2.24, 2.45) is 5.92 Å². The molecule has 0 radical (unpaired) electrons. The zero-order valence-electron chi connectivity index (χ0n) is 6.71. The Hall–Kier alpha value is -0.770. The Kier molecular flexibility index (Phi) is 2.70. The molecule has 64 valence electrons. The van der Waals surface area contributed by atoms with Gasteiger partial charge in [-0.1, -0.05) is 0 Å². The number of nitrogens with one attached hydrogen (secondary N) is 1. The van der Waals surface area contributed by atoms with Gasteiger partial charge in [0, 0.05) is 13.1 Å². The van der Waals surface area contributed by atoms with Gasteiger partial charge in [0.2, 0.25) is 0 Å². The first kappa shape index (κ1) is 8.33. The fraction of sp³-hybridized carbons (Fsp3) is 0.857. The summed E-state index contributed by atoms with van der Waals surface area (Å²) in [6, 6.07) is 0. The lowest BCUT2D eigenvalue weighted by Gasteiger charge is -2.09. The molecular weight excluding hydrogens is 144 g/mol. The predicted molar refractivity (Wildman–Crippen MR) is 41.6 cm³/mol. The molecule has 2 N–H and O–H groups in total. The smallest absolute Gasteiger partial charge is 0.404 e. The standard InChI is InChI=1S/C7H14N2O2/c1-9-3-2-6(5-9)4-8-7(10)11/h6,8H,2-5H2,1H3,(H,10,11)/t6-/m1/s1. The summed E-state index contributed by atoms with van der Waals surface area (Å²) in [5.74, 6) is 0.510. The second-order valence-corrected chi connectivity index (χ2v) is 3.10. The van der Waals surface area contributed by atoms with Crippen LogP contribution in [0.5, 0.6) is 0 Å². The zero-order chi connectivity index (χ0) is 8.27. The second kappa shape index (κ2) is 3.57. The summed E-state index contributed by atoms with van der Waals surface area (Å²) in [5, 5.41) is 10.7. The highest BCUT2D eigenvalue weighted by Crippen LogP contribution is 2.12. The fourth-order valence-electron chi connectivity index (χ4n) is 1.42. The normalized spacial score (nSPS) is 25.4. The molecule has 0 aliphatic carbocycles. The summed E-state index contributed by atoms with van der Waals surface area (Å²) in [7, 11) is 2.06. The average Bonchev–Trinajstić information content (AvgIpc) is 2.31. The number of rotatable bonds is 2. The summed E-state index contributed by atoms with van der Waals surface area (Å²) < 4.78 is 0. The molecule has 11 heavy (non-hydrogen) atoms. The third-order valence-electron chi connectivity index (χ3n) is 2.03. The summed E-state index contributed by atoms with van der Waals surface area (Å²) >= 11 is 0. The van der Waals surface area contributed by atoms with Crippen molar-refractivity contribution in [2.45, 2.75) is 6.42 Å². The maximum Gasteiger partial charge on any atom is 0.404 e. The van der Waals surface area contributed by atoms with Gasteiger partial charge in [0.05, 0.1) is 0 Å². The van der Waals surface area contributed by atoms with E-state index in [0.717, 1.165) is 19.5 Å². The molecule has 1 heterocycles. The number of carboxylic acid groups (broad SMARTS) is 1. The topological polar surface area (TPSA) is 52.6 Å². The van der Waals surface area contributed by atoms with Crippen molar-refractivity contribution < 1.29 is 9.90 Å². The first-order valence-electron chi connectivity index (χ1n) is 3.84. The van der Waals surface area contributed by atoms with Gasteiger partial charge in [-0.05, 0) is 25.9 Å². The SMILES string of the molecule is CN1CC[C@H](CNC(=O)O)C1. The highest BCUT2D eigenvalue weighted by atomic mass is 16.4. The molecule has 1 rings (SSSR count). The van der Waals surface area contributed by atoms with Crippen LogP contribution in [0, 0.1) is 5.92 Å². The quantitative estimate of drug-likeness (QED) is 0.604. The van der Waals surface area contributed by atoms with Crippen LogP contribution in [-0.4, -0.2) is 42.8 Å². The number of hydrogen-bond donors (Lipinski definition) is 2. The van der Waals surface area contributed by atoms with E-state index in [9.17, 15) is 4.79 Å². The van der Waals surface area contributed by atoms with Gasteiger partial charge < -0.3 is 15.3 Å². The second-order valence-electron chi connectivity index (χ2n) is 3.10. The lowest BCUT2D eigenvalue weighted by atomic mass is 10.1. The summed E-state index contributed by atoms with van der Waals surface area (Å²) in [5.41, 5.74) is 0. The molecule has 0 aromatic carbocycles. The van der Waals surface area contributed by atoms with Gasteiger partial charge in [-0.3, -0.25) is 0 Å². The van der Waals surface area contributed by atoms with Crippen LogP contribution in [0.15, 0.2) is 0 Å². The Bertz CT molecular complexity index is 149. The minimum atomic E-state index is -0.917. The van der Waals surface area contributed by atoms with Crippen molar-refractivity contribution in [3.63, 3.8) is 0 Å². The van der Waals surface area contributed by atoms with Gasteiger partial charge in [0.15, 0.2) is 0 Å². The van der Waals surface area contributed by atoms with Crippen LogP contribution in [0.4, 0.5) is 4.79 Å². The largest absolute Gasteiger partial charge is 0.465 e. The number of carbonyl (C=O) groups is 1. The minimum Gasteiger partial charge on any atom is -0.465 e. The van der Waals surface area contributed by atoms with Crippen molar-refractivity contribution in [3.05, 3.63) is 0 Å². The van der Waals surface area contributed by atoms with Crippen LogP contribution >= 0.6 is 0 Å². The van der Waals surface area contributed by atoms with Crippen molar-refractivity contribution in [1.82, 2.24) is 10.2 Å². The molecule has 0 spiro atoms. The average molecular weight is 158 g/mol. The molecule has 1 amide bonds. The number of amides is 1. The van der Waals surface area contributed by atoms with E-state index in [2.05, 4.69) is 17.3 Å². The van der Waals surface area contributed by atoms with E-state index in [1.807, 2.05) is 0 Å². The van der Waals surface area contributed by atoms with E-state index in [4.69, 9.17) is 5.11 Å². The zero-order valence-corrected chi connectivity index (χ0v) is 6.71. The van der Waals surface area contributed by atoms with Gasteiger partial charge in [0.25, 0.3) is 0 Å². The number of hydrogen-bond acceptors (Lipinski definition) is 2. The Morgan fingerprint density at radius 3 is 3.00 bits per heavy atom. The van der Waals surface area contributed by atoms with Crippen LogP contribution in [0.3, 0.4) is 0 Å². The first-order valence-corrected chi connectivity index (χ1v) is 3.84. The van der Waals surface area contributed by atoms with Gasteiger partial charge in [-0.15, -0.1) is 0 Å². The van der Waals surface area contributed by atoms with E-state index in [-0.39, 0.29) is 0 Å². The Labute approximate surface area is 66.2 Å². The molecule has 1 fully saturated rings. The van der Waals surface area contributed by atoms with Crippen LogP contribution < -0.4 is 5.32 Å². The molecule has 0 bridgehead atoms. The third-order valence-corrected chi connectivity index (χ3v) is 2.03.